The molecule has 0 radical (unpaired) electrons. The smallest absolute Gasteiger partial charge is 0.361 e. The third-order valence-electron chi connectivity index (χ3n) is 4.11. The Balaban J connectivity index is 1.68. The normalized spacial score (nSPS) is 11.6. The first-order valence-corrected chi connectivity index (χ1v) is 9.26. The quantitative estimate of drug-likeness (QED) is 0.603. The van der Waals surface area contributed by atoms with E-state index in [4.69, 9.17) is 13.9 Å². The average Bonchev–Trinajstić information content (AvgIpc) is 3.12. The molecule has 29 heavy (non-hydrogen) atoms. The first-order chi connectivity index (χ1) is 14.0. The van der Waals surface area contributed by atoms with Crippen molar-refractivity contribution in [3.63, 3.8) is 0 Å². The van der Waals surface area contributed by atoms with Crippen molar-refractivity contribution in [2.24, 2.45) is 0 Å². The number of benzene rings is 2. The second-order valence-corrected chi connectivity index (χ2v) is 6.26. The minimum Gasteiger partial charge on any atom is -0.492 e. The maximum absolute atomic E-state index is 12.5. The molecule has 1 N–H and O–H groups in total. The molecule has 7 nitrogen and oxygen atoms in total. The topological polar surface area (TPSA) is 90.7 Å². The highest BCUT2D eigenvalue weighted by atomic mass is 16.5. The van der Waals surface area contributed by atoms with Gasteiger partial charge in [-0.1, -0.05) is 30.3 Å². The van der Waals surface area contributed by atoms with E-state index in [1.807, 2.05) is 43.3 Å². The van der Waals surface area contributed by atoms with Crippen molar-refractivity contribution in [1.82, 2.24) is 4.98 Å². The molecule has 3 aromatic rings. The molecule has 2 aromatic carbocycles. The lowest BCUT2D eigenvalue weighted by Gasteiger charge is -2.15. The molecule has 0 saturated heterocycles. The summed E-state index contributed by atoms with van der Waals surface area (Å²) in [5, 5.41) is 2.71. The number of esters is 1. The fourth-order valence-electron chi connectivity index (χ4n) is 2.65. The summed E-state index contributed by atoms with van der Waals surface area (Å²) < 4.78 is 16.3. The molecule has 3 rings (SSSR count). The predicted molar refractivity (Wildman–Crippen MR) is 108 cm³/mol. The Hall–Kier alpha value is -3.61. The van der Waals surface area contributed by atoms with E-state index < -0.39 is 18.0 Å². The molecule has 0 fully saturated rings. The highest BCUT2D eigenvalue weighted by Gasteiger charge is 2.25. The Morgan fingerprint density at radius 2 is 1.79 bits per heavy atom. The van der Waals surface area contributed by atoms with Gasteiger partial charge in [0.05, 0.1) is 12.3 Å². The molecule has 0 spiro atoms. The van der Waals surface area contributed by atoms with Crippen molar-refractivity contribution >= 4 is 17.6 Å². The highest BCUT2D eigenvalue weighted by Crippen LogP contribution is 2.25. The van der Waals surface area contributed by atoms with Crippen molar-refractivity contribution in [3.8, 4) is 17.2 Å². The Bertz CT molecular complexity index is 997. The maximum atomic E-state index is 12.5. The second-order valence-electron chi connectivity index (χ2n) is 6.26. The fraction of sp³-hybridized carbons (Fsp3) is 0.227. The Morgan fingerprint density at radius 1 is 1.10 bits per heavy atom. The van der Waals surface area contributed by atoms with Gasteiger partial charge in [0.25, 0.3) is 5.91 Å². The van der Waals surface area contributed by atoms with Crippen LogP contribution in [0.15, 0.2) is 59.0 Å². The molecule has 0 bridgehead atoms. The number of anilines is 1. The van der Waals surface area contributed by atoms with Gasteiger partial charge in [0.2, 0.25) is 5.89 Å². The van der Waals surface area contributed by atoms with Crippen LogP contribution in [0.2, 0.25) is 0 Å². The van der Waals surface area contributed by atoms with Gasteiger partial charge < -0.3 is 19.2 Å². The minimum atomic E-state index is -1.03. The van der Waals surface area contributed by atoms with Crippen LogP contribution in [-0.2, 0) is 9.53 Å². The van der Waals surface area contributed by atoms with Gasteiger partial charge in [0.15, 0.2) is 11.8 Å². The van der Waals surface area contributed by atoms with Crippen LogP contribution < -0.4 is 10.1 Å². The van der Waals surface area contributed by atoms with Crippen LogP contribution in [0.3, 0.4) is 0 Å². The van der Waals surface area contributed by atoms with Crippen LogP contribution in [0.4, 0.5) is 5.69 Å². The zero-order valence-electron chi connectivity index (χ0n) is 16.5. The van der Waals surface area contributed by atoms with E-state index in [0.717, 1.165) is 5.56 Å². The fourth-order valence-corrected chi connectivity index (χ4v) is 2.65. The van der Waals surface area contributed by atoms with Gasteiger partial charge >= 0.3 is 5.97 Å². The number of hydrogen-bond acceptors (Lipinski definition) is 6. The third kappa shape index (κ3) is 4.82. The van der Waals surface area contributed by atoms with Crippen LogP contribution in [0, 0.1) is 6.92 Å². The third-order valence-corrected chi connectivity index (χ3v) is 4.11. The molecule has 0 aliphatic heterocycles. The van der Waals surface area contributed by atoms with Crippen molar-refractivity contribution in [2.45, 2.75) is 26.9 Å². The number of carbonyl (C=O) groups is 2. The van der Waals surface area contributed by atoms with E-state index in [0.29, 0.717) is 29.7 Å². The molecular formula is C22H22N2O5. The molecule has 0 saturated carbocycles. The van der Waals surface area contributed by atoms with E-state index in [1.165, 1.54) is 6.92 Å². The van der Waals surface area contributed by atoms with Crippen molar-refractivity contribution in [2.75, 3.05) is 11.9 Å². The highest BCUT2D eigenvalue weighted by molar-refractivity contribution is 5.98. The second kappa shape index (κ2) is 9.05. The summed E-state index contributed by atoms with van der Waals surface area (Å²) in [7, 11) is 0. The van der Waals surface area contributed by atoms with Gasteiger partial charge in [-0.25, -0.2) is 9.78 Å². The van der Waals surface area contributed by atoms with Crippen LogP contribution >= 0.6 is 0 Å². The van der Waals surface area contributed by atoms with Crippen LogP contribution in [0.25, 0.3) is 11.5 Å². The summed E-state index contributed by atoms with van der Waals surface area (Å²) >= 11 is 0. The van der Waals surface area contributed by atoms with E-state index in [2.05, 4.69) is 10.3 Å². The number of carbonyl (C=O) groups excluding carboxylic acids is 2. The number of nitrogens with one attached hydrogen (secondary N) is 1. The number of aromatic nitrogens is 1. The molecule has 0 aliphatic carbocycles. The molecule has 1 amide bonds. The van der Waals surface area contributed by atoms with E-state index in [9.17, 15) is 9.59 Å². The van der Waals surface area contributed by atoms with Gasteiger partial charge in [-0.2, -0.15) is 0 Å². The largest absolute Gasteiger partial charge is 0.492 e. The zero-order chi connectivity index (χ0) is 20.8. The van der Waals surface area contributed by atoms with Gasteiger partial charge in [0, 0.05) is 5.56 Å². The summed E-state index contributed by atoms with van der Waals surface area (Å²) in [5.41, 5.74) is 1.29. The number of oxazole rings is 1. The SMILES string of the molecule is CCOc1ccccc1NC(=O)[C@H](C)OC(=O)c1nc(-c2ccccc2)oc1C. The van der Waals surface area contributed by atoms with Gasteiger partial charge in [0.1, 0.15) is 11.5 Å². The Morgan fingerprint density at radius 3 is 2.52 bits per heavy atom. The molecule has 1 heterocycles. The molecule has 150 valence electrons. The van der Waals surface area contributed by atoms with Crippen LogP contribution in [0.5, 0.6) is 5.75 Å². The summed E-state index contributed by atoms with van der Waals surface area (Å²) in [6.45, 7) is 5.43. The van der Waals surface area contributed by atoms with Crippen molar-refractivity contribution < 1.29 is 23.5 Å². The predicted octanol–water partition coefficient (Wildman–Crippen LogP) is 4.23. The number of nitrogens with zero attached hydrogens (tertiary/aromatic N) is 1. The van der Waals surface area contributed by atoms with Gasteiger partial charge in [-0.05, 0) is 45.0 Å². The maximum Gasteiger partial charge on any atom is 0.361 e. The van der Waals surface area contributed by atoms with Crippen LogP contribution in [0.1, 0.15) is 30.1 Å². The zero-order valence-corrected chi connectivity index (χ0v) is 16.5. The number of rotatable bonds is 7. The lowest BCUT2D eigenvalue weighted by Crippen LogP contribution is -2.30. The monoisotopic (exact) mass is 394 g/mol. The number of amides is 1. The first kappa shape index (κ1) is 20.1. The standard InChI is InChI=1S/C22H22N2O5/c1-4-27-18-13-9-8-12-17(18)23-20(25)15(3)29-22(26)19-14(2)28-21(24-19)16-10-6-5-7-11-16/h5-13,15H,4H2,1-3H3,(H,23,25)/t15-/m0/s1. The van der Waals surface area contributed by atoms with Gasteiger partial charge in [-0.3, -0.25) is 4.79 Å². The summed E-state index contributed by atoms with van der Waals surface area (Å²) in [5.74, 6) is -0.0215. The molecule has 1 atom stereocenters. The van der Waals surface area contributed by atoms with E-state index >= 15 is 0 Å². The molecule has 1 aromatic heterocycles. The minimum absolute atomic E-state index is 0.0400. The molecule has 7 heteroatoms. The number of para-hydroxylation sites is 2. The summed E-state index contributed by atoms with van der Waals surface area (Å²) in [6.07, 6.45) is -1.03. The number of ether oxygens (including phenoxy) is 2. The number of hydrogen-bond donors (Lipinski definition) is 1. The summed E-state index contributed by atoms with van der Waals surface area (Å²) in [6, 6.07) is 16.3. The van der Waals surface area contributed by atoms with Crippen LogP contribution in [-0.4, -0.2) is 29.6 Å². The molecule has 0 aliphatic rings. The Kier molecular flexibility index (Phi) is 6.29. The van der Waals surface area contributed by atoms with E-state index in [-0.39, 0.29) is 5.69 Å². The molecule has 0 unspecified atom stereocenters. The van der Waals surface area contributed by atoms with E-state index in [1.54, 1.807) is 25.1 Å². The first-order valence-electron chi connectivity index (χ1n) is 9.26. The number of aryl methyl sites for hydroxylation is 1. The Labute approximate surface area is 168 Å². The van der Waals surface area contributed by atoms with Crippen molar-refractivity contribution in [3.05, 3.63) is 66.1 Å². The lowest BCUT2D eigenvalue weighted by atomic mass is 10.2. The van der Waals surface area contributed by atoms with Gasteiger partial charge in [-0.15, -0.1) is 0 Å². The lowest BCUT2D eigenvalue weighted by molar-refractivity contribution is -0.123. The van der Waals surface area contributed by atoms with Crippen molar-refractivity contribution in [1.29, 1.82) is 0 Å². The average molecular weight is 394 g/mol. The molecular weight excluding hydrogens is 372 g/mol. The summed E-state index contributed by atoms with van der Waals surface area (Å²) in [4.78, 5) is 29.2.